The van der Waals surface area contributed by atoms with Crippen molar-refractivity contribution in [3.05, 3.63) is 64.1 Å². The van der Waals surface area contributed by atoms with E-state index in [0.29, 0.717) is 29.7 Å². The van der Waals surface area contributed by atoms with Crippen LogP contribution in [0.5, 0.6) is 5.75 Å². The summed E-state index contributed by atoms with van der Waals surface area (Å²) < 4.78 is 52.3. The van der Waals surface area contributed by atoms with Gasteiger partial charge in [0.1, 0.15) is 35.2 Å². The molecule has 3 heterocycles. The van der Waals surface area contributed by atoms with E-state index in [1.807, 2.05) is 17.9 Å². The number of pyridine rings is 2. The molecular formula is C24H23F3N4O3. The molecule has 3 aromatic rings. The molecule has 0 spiro atoms. The molecular weight excluding hydrogens is 449 g/mol. The quantitative estimate of drug-likeness (QED) is 0.573. The van der Waals surface area contributed by atoms with E-state index in [2.05, 4.69) is 4.98 Å². The average Bonchev–Trinajstić information content (AvgIpc) is 2.81. The summed E-state index contributed by atoms with van der Waals surface area (Å²) in [7, 11) is 3.15. The number of nitrogens with zero attached hydrogens (tertiary/aromatic N) is 4. The molecule has 0 bridgehead atoms. The lowest BCUT2D eigenvalue weighted by Gasteiger charge is -2.43. The number of anilines is 1. The van der Waals surface area contributed by atoms with Crippen LogP contribution in [0.4, 0.5) is 18.9 Å². The topological polar surface area (TPSA) is 80.4 Å². The first-order valence-corrected chi connectivity index (χ1v) is 10.7. The summed E-state index contributed by atoms with van der Waals surface area (Å²) in [5, 5.41) is 9.30. The number of hydrogen-bond donors (Lipinski definition) is 0. The van der Waals surface area contributed by atoms with Crippen molar-refractivity contribution in [1.29, 1.82) is 5.26 Å². The van der Waals surface area contributed by atoms with Gasteiger partial charge in [-0.3, -0.25) is 4.79 Å². The molecule has 1 aliphatic rings. The van der Waals surface area contributed by atoms with Crippen molar-refractivity contribution < 1.29 is 22.6 Å². The number of methoxy groups -OCH3 is 1. The van der Waals surface area contributed by atoms with Crippen LogP contribution in [0.25, 0.3) is 11.0 Å². The van der Waals surface area contributed by atoms with Gasteiger partial charge in [-0.2, -0.15) is 18.4 Å². The van der Waals surface area contributed by atoms with Gasteiger partial charge in [0, 0.05) is 39.2 Å². The van der Waals surface area contributed by atoms with E-state index >= 15 is 0 Å². The normalized spacial score (nSPS) is 20.9. The van der Waals surface area contributed by atoms with E-state index in [0.717, 1.165) is 12.1 Å². The summed E-state index contributed by atoms with van der Waals surface area (Å²) in [4.78, 5) is 19.0. The largest absolute Gasteiger partial charge is 0.488 e. The first kappa shape index (κ1) is 23.6. The van der Waals surface area contributed by atoms with Crippen molar-refractivity contribution >= 4 is 16.7 Å². The van der Waals surface area contributed by atoms with Gasteiger partial charge < -0.3 is 18.9 Å². The number of fused-ring (bicyclic) bond motifs is 1. The van der Waals surface area contributed by atoms with E-state index in [9.17, 15) is 23.2 Å². The highest BCUT2D eigenvalue weighted by molar-refractivity contribution is 5.89. The highest BCUT2D eigenvalue weighted by Gasteiger charge is 2.37. The zero-order valence-electron chi connectivity index (χ0n) is 18.8. The standard InChI is InChI=1S/C24H23F3N4O3/c1-14-9-20(34-17-6-4-5-15(10-17)24(25,26)27)21(33-3)13-31(14)19-11-22(32)30(2)18-8-7-16(12-28)29-23(18)19/h4-8,10-11,14,20-21H,9,13H2,1-3H3/t14-,20-,21+/m0/s1. The molecule has 0 saturated carbocycles. The molecule has 0 unspecified atom stereocenters. The Balaban J connectivity index is 1.66. The van der Waals surface area contributed by atoms with Crippen LogP contribution in [0.1, 0.15) is 24.6 Å². The molecule has 178 valence electrons. The summed E-state index contributed by atoms with van der Waals surface area (Å²) in [6.45, 7) is 2.26. The van der Waals surface area contributed by atoms with Gasteiger partial charge in [0.2, 0.25) is 0 Å². The Morgan fingerprint density at radius 1 is 1.18 bits per heavy atom. The Hall–Kier alpha value is -3.58. The molecule has 1 aliphatic heterocycles. The maximum absolute atomic E-state index is 13.1. The van der Waals surface area contributed by atoms with Crippen LogP contribution in [0.3, 0.4) is 0 Å². The van der Waals surface area contributed by atoms with Crippen molar-refractivity contribution in [3.8, 4) is 11.8 Å². The second-order valence-corrected chi connectivity index (χ2v) is 8.30. The molecule has 0 radical (unpaired) electrons. The number of nitriles is 1. The van der Waals surface area contributed by atoms with Crippen molar-refractivity contribution in [3.63, 3.8) is 0 Å². The molecule has 1 aromatic carbocycles. The highest BCUT2D eigenvalue weighted by atomic mass is 19.4. The minimum absolute atomic E-state index is 0.113. The minimum Gasteiger partial charge on any atom is -0.488 e. The van der Waals surface area contributed by atoms with Crippen molar-refractivity contribution in [1.82, 2.24) is 9.55 Å². The average molecular weight is 472 g/mol. The number of benzene rings is 1. The van der Waals surface area contributed by atoms with Crippen LogP contribution in [0.2, 0.25) is 0 Å². The minimum atomic E-state index is -4.47. The molecule has 10 heteroatoms. The van der Waals surface area contributed by atoms with Crippen LogP contribution < -0.4 is 15.2 Å². The molecule has 7 nitrogen and oxygen atoms in total. The van der Waals surface area contributed by atoms with Crippen LogP contribution in [0, 0.1) is 11.3 Å². The Labute approximate surface area is 194 Å². The van der Waals surface area contributed by atoms with Gasteiger partial charge in [0.25, 0.3) is 5.56 Å². The van der Waals surface area contributed by atoms with Gasteiger partial charge in [0.05, 0.1) is 16.8 Å². The first-order chi connectivity index (χ1) is 16.1. The number of halogens is 3. The molecule has 3 atom stereocenters. The molecule has 4 rings (SSSR count). The smallest absolute Gasteiger partial charge is 0.416 e. The second kappa shape index (κ2) is 8.99. The lowest BCUT2D eigenvalue weighted by Crippen LogP contribution is -2.54. The summed E-state index contributed by atoms with van der Waals surface area (Å²) in [5.41, 5.74) is 0.895. The van der Waals surface area contributed by atoms with Gasteiger partial charge in [-0.05, 0) is 37.3 Å². The Morgan fingerprint density at radius 3 is 2.62 bits per heavy atom. The van der Waals surface area contributed by atoms with E-state index in [1.54, 1.807) is 19.2 Å². The molecule has 2 aromatic heterocycles. The Morgan fingerprint density at radius 2 is 1.94 bits per heavy atom. The molecule has 0 aliphatic carbocycles. The second-order valence-electron chi connectivity index (χ2n) is 8.30. The zero-order valence-corrected chi connectivity index (χ0v) is 18.8. The first-order valence-electron chi connectivity index (χ1n) is 10.7. The van der Waals surface area contributed by atoms with E-state index < -0.39 is 23.9 Å². The number of ether oxygens (including phenoxy) is 2. The highest BCUT2D eigenvalue weighted by Crippen LogP contribution is 2.34. The number of rotatable bonds is 4. The lowest BCUT2D eigenvalue weighted by molar-refractivity contribution is -0.137. The van der Waals surface area contributed by atoms with Crippen molar-refractivity contribution in [2.75, 3.05) is 18.6 Å². The van der Waals surface area contributed by atoms with Gasteiger partial charge >= 0.3 is 6.18 Å². The molecule has 1 fully saturated rings. The fraction of sp³-hybridized carbons (Fsp3) is 0.375. The molecule has 34 heavy (non-hydrogen) atoms. The van der Waals surface area contributed by atoms with E-state index in [-0.39, 0.29) is 23.0 Å². The van der Waals surface area contributed by atoms with E-state index in [1.165, 1.54) is 29.9 Å². The third-order valence-corrected chi connectivity index (χ3v) is 6.14. The maximum Gasteiger partial charge on any atom is 0.416 e. The summed E-state index contributed by atoms with van der Waals surface area (Å²) in [6.07, 6.45) is -5.01. The number of aryl methyl sites for hydroxylation is 1. The third kappa shape index (κ3) is 4.43. The van der Waals surface area contributed by atoms with Crippen LogP contribution in [-0.2, 0) is 18.0 Å². The summed E-state index contributed by atoms with van der Waals surface area (Å²) >= 11 is 0. The lowest BCUT2D eigenvalue weighted by atomic mass is 9.96. The van der Waals surface area contributed by atoms with Crippen LogP contribution in [0.15, 0.2) is 47.3 Å². The molecule has 0 amide bonds. The zero-order chi connectivity index (χ0) is 24.6. The maximum atomic E-state index is 13.1. The SMILES string of the molecule is CO[C@@H]1CN(c2cc(=O)n(C)c3ccc(C#N)nc23)[C@@H](C)C[C@@H]1Oc1cccc(C(F)(F)F)c1. The monoisotopic (exact) mass is 472 g/mol. The fourth-order valence-corrected chi connectivity index (χ4v) is 4.31. The third-order valence-electron chi connectivity index (χ3n) is 6.14. The number of hydrogen-bond acceptors (Lipinski definition) is 6. The molecule has 0 N–H and O–H groups in total. The number of piperidine rings is 1. The van der Waals surface area contributed by atoms with Gasteiger partial charge in [-0.1, -0.05) is 6.07 Å². The summed E-state index contributed by atoms with van der Waals surface area (Å²) in [6, 6.07) is 11.4. The fourth-order valence-electron chi connectivity index (χ4n) is 4.31. The Bertz CT molecular complexity index is 1320. The van der Waals surface area contributed by atoms with Crippen molar-refractivity contribution in [2.45, 2.75) is 37.8 Å². The molecule has 1 saturated heterocycles. The van der Waals surface area contributed by atoms with Crippen LogP contribution >= 0.6 is 0 Å². The van der Waals surface area contributed by atoms with Crippen molar-refractivity contribution in [2.24, 2.45) is 7.05 Å². The van der Waals surface area contributed by atoms with E-state index in [4.69, 9.17) is 9.47 Å². The van der Waals surface area contributed by atoms with Gasteiger partial charge in [-0.15, -0.1) is 0 Å². The van der Waals surface area contributed by atoms with Gasteiger partial charge in [-0.25, -0.2) is 4.98 Å². The number of alkyl halides is 3. The predicted octanol–water partition coefficient (Wildman–Crippen LogP) is 3.89. The Kier molecular flexibility index (Phi) is 6.23. The number of aromatic nitrogens is 2. The van der Waals surface area contributed by atoms with Crippen LogP contribution in [-0.4, -0.2) is 41.5 Å². The summed E-state index contributed by atoms with van der Waals surface area (Å²) in [5.74, 6) is 0.113. The predicted molar refractivity (Wildman–Crippen MR) is 120 cm³/mol. The van der Waals surface area contributed by atoms with Gasteiger partial charge in [0.15, 0.2) is 0 Å².